The molecule has 0 unspecified atom stereocenters. The first kappa shape index (κ1) is 17.9. The van der Waals surface area contributed by atoms with Crippen molar-refractivity contribution >= 4 is 5.91 Å². The molecular weight excluding hydrogens is 342 g/mol. The molecule has 6 heteroatoms. The fraction of sp³-hybridized carbons (Fsp3) is 0.524. The predicted molar refractivity (Wildman–Crippen MR) is 102 cm³/mol. The molecule has 2 aromatic rings. The van der Waals surface area contributed by atoms with Crippen LogP contribution in [0.1, 0.15) is 37.4 Å². The molecule has 1 aromatic carbocycles. The predicted octanol–water partition coefficient (Wildman–Crippen LogP) is 3.09. The highest BCUT2D eigenvalue weighted by atomic mass is 16.5. The summed E-state index contributed by atoms with van der Waals surface area (Å²) in [7, 11) is 1.60. The normalized spacial score (nSPS) is 19.7. The van der Waals surface area contributed by atoms with Gasteiger partial charge >= 0.3 is 0 Å². The Labute approximate surface area is 160 Å². The van der Waals surface area contributed by atoms with E-state index in [1.54, 1.807) is 7.11 Å². The van der Waals surface area contributed by atoms with Gasteiger partial charge in [-0.2, -0.15) is 0 Å². The third-order valence-electron chi connectivity index (χ3n) is 5.46. The van der Waals surface area contributed by atoms with Crippen molar-refractivity contribution in [3.8, 4) is 11.5 Å². The zero-order chi connectivity index (χ0) is 18.6. The summed E-state index contributed by atoms with van der Waals surface area (Å²) in [6.07, 6.45) is 8.71. The Kier molecular flexibility index (Phi) is 5.32. The molecule has 1 amide bonds. The molecule has 1 saturated carbocycles. The van der Waals surface area contributed by atoms with Crippen LogP contribution in [0.25, 0.3) is 0 Å². The molecule has 1 atom stereocenters. The van der Waals surface area contributed by atoms with Gasteiger partial charge in [0.1, 0.15) is 5.82 Å². The Morgan fingerprint density at radius 2 is 2.04 bits per heavy atom. The van der Waals surface area contributed by atoms with Crippen molar-refractivity contribution in [2.24, 2.45) is 5.92 Å². The molecule has 2 heterocycles. The summed E-state index contributed by atoms with van der Waals surface area (Å²) in [6.45, 7) is 2.60. The van der Waals surface area contributed by atoms with Crippen molar-refractivity contribution in [3.05, 3.63) is 42.5 Å². The van der Waals surface area contributed by atoms with E-state index in [1.165, 1.54) is 12.8 Å². The van der Waals surface area contributed by atoms with Gasteiger partial charge in [0.05, 0.1) is 7.11 Å². The number of methoxy groups -OCH3 is 1. The maximum Gasteiger partial charge on any atom is 0.260 e. The van der Waals surface area contributed by atoms with Gasteiger partial charge in [-0.1, -0.05) is 12.1 Å². The van der Waals surface area contributed by atoms with E-state index in [1.807, 2.05) is 35.4 Å². The van der Waals surface area contributed by atoms with E-state index in [0.717, 1.165) is 44.2 Å². The highest BCUT2D eigenvalue weighted by Crippen LogP contribution is 2.33. The van der Waals surface area contributed by atoms with Crippen LogP contribution in [-0.4, -0.2) is 47.2 Å². The van der Waals surface area contributed by atoms with Crippen molar-refractivity contribution in [1.29, 1.82) is 0 Å². The third kappa shape index (κ3) is 4.26. The molecule has 0 N–H and O–H groups in total. The average molecular weight is 369 g/mol. The molecular formula is C21H27N3O3. The largest absolute Gasteiger partial charge is 0.493 e. The van der Waals surface area contributed by atoms with E-state index in [4.69, 9.17) is 9.47 Å². The van der Waals surface area contributed by atoms with E-state index >= 15 is 0 Å². The molecule has 1 aliphatic carbocycles. The maximum absolute atomic E-state index is 12.7. The van der Waals surface area contributed by atoms with Gasteiger partial charge in [-0.15, -0.1) is 0 Å². The molecule has 0 spiro atoms. The number of benzene rings is 1. The molecule has 4 rings (SSSR count). The lowest BCUT2D eigenvalue weighted by Gasteiger charge is -2.32. The number of imidazole rings is 1. The Balaban J connectivity index is 1.36. The van der Waals surface area contributed by atoms with Gasteiger partial charge in [0, 0.05) is 37.9 Å². The molecule has 144 valence electrons. The van der Waals surface area contributed by atoms with E-state index in [-0.39, 0.29) is 12.5 Å². The molecule has 2 aliphatic rings. The fourth-order valence-corrected chi connectivity index (χ4v) is 3.80. The standard InChI is InChI=1S/C21H27N3O3/c1-26-18-6-2-3-7-19(18)27-15-20(25)23-11-4-5-17(14-23)21-22-10-12-24(21)13-16-8-9-16/h2-3,6-7,10,12,16-17H,4-5,8-9,11,13-15H2,1H3/t17-/m0/s1. The van der Waals surface area contributed by atoms with Gasteiger partial charge in [-0.3, -0.25) is 4.79 Å². The number of piperidine rings is 1. The van der Waals surface area contributed by atoms with Gasteiger partial charge in [-0.05, 0) is 43.7 Å². The average Bonchev–Trinajstić information content (AvgIpc) is 3.41. The summed E-state index contributed by atoms with van der Waals surface area (Å²) < 4.78 is 13.3. The van der Waals surface area contributed by atoms with Crippen molar-refractivity contribution in [3.63, 3.8) is 0 Å². The number of nitrogens with zero attached hydrogens (tertiary/aromatic N) is 3. The van der Waals surface area contributed by atoms with Crippen LogP contribution < -0.4 is 9.47 Å². The number of ether oxygens (including phenoxy) is 2. The zero-order valence-corrected chi connectivity index (χ0v) is 15.8. The van der Waals surface area contributed by atoms with E-state index in [2.05, 4.69) is 15.7 Å². The monoisotopic (exact) mass is 369 g/mol. The highest BCUT2D eigenvalue weighted by molar-refractivity contribution is 5.78. The van der Waals surface area contributed by atoms with Crippen LogP contribution in [0, 0.1) is 5.92 Å². The van der Waals surface area contributed by atoms with Crippen LogP contribution in [0.3, 0.4) is 0 Å². The SMILES string of the molecule is COc1ccccc1OCC(=O)N1CCC[C@H](c2nccn2CC2CC2)C1. The minimum absolute atomic E-state index is 0.0194. The highest BCUT2D eigenvalue weighted by Gasteiger charge is 2.29. The summed E-state index contributed by atoms with van der Waals surface area (Å²) in [6, 6.07) is 7.40. The Morgan fingerprint density at radius 1 is 1.22 bits per heavy atom. The second kappa shape index (κ2) is 8.03. The fourth-order valence-electron chi connectivity index (χ4n) is 3.80. The van der Waals surface area contributed by atoms with Gasteiger partial charge < -0.3 is 18.9 Å². The third-order valence-corrected chi connectivity index (χ3v) is 5.46. The number of para-hydroxylation sites is 2. The zero-order valence-electron chi connectivity index (χ0n) is 15.8. The number of carbonyl (C=O) groups excluding carboxylic acids is 1. The Bertz CT molecular complexity index is 784. The van der Waals surface area contributed by atoms with Gasteiger partial charge in [0.15, 0.2) is 18.1 Å². The van der Waals surface area contributed by atoms with Gasteiger partial charge in [-0.25, -0.2) is 4.98 Å². The number of aromatic nitrogens is 2. The molecule has 1 saturated heterocycles. The van der Waals surface area contributed by atoms with Crippen molar-refractivity contribution in [1.82, 2.24) is 14.5 Å². The molecule has 27 heavy (non-hydrogen) atoms. The number of hydrogen-bond acceptors (Lipinski definition) is 4. The van der Waals surface area contributed by atoms with Crippen LogP contribution in [0.2, 0.25) is 0 Å². The lowest BCUT2D eigenvalue weighted by atomic mass is 9.97. The molecule has 6 nitrogen and oxygen atoms in total. The first-order chi connectivity index (χ1) is 13.2. The Hall–Kier alpha value is -2.50. The van der Waals surface area contributed by atoms with Crippen molar-refractivity contribution in [2.75, 3.05) is 26.8 Å². The number of hydrogen-bond donors (Lipinski definition) is 0. The number of carbonyl (C=O) groups is 1. The van der Waals surface area contributed by atoms with Crippen LogP contribution in [-0.2, 0) is 11.3 Å². The minimum Gasteiger partial charge on any atom is -0.493 e. The van der Waals surface area contributed by atoms with Crippen molar-refractivity contribution < 1.29 is 14.3 Å². The van der Waals surface area contributed by atoms with Gasteiger partial charge in [0.25, 0.3) is 5.91 Å². The molecule has 2 fully saturated rings. The second-order valence-corrected chi connectivity index (χ2v) is 7.50. The number of rotatable bonds is 7. The summed E-state index contributed by atoms with van der Waals surface area (Å²) >= 11 is 0. The van der Waals surface area contributed by atoms with E-state index in [0.29, 0.717) is 17.4 Å². The van der Waals surface area contributed by atoms with E-state index < -0.39 is 0 Å². The molecule has 0 radical (unpaired) electrons. The summed E-state index contributed by atoms with van der Waals surface area (Å²) in [5.41, 5.74) is 0. The molecule has 0 bridgehead atoms. The second-order valence-electron chi connectivity index (χ2n) is 7.50. The quantitative estimate of drug-likeness (QED) is 0.753. The van der Waals surface area contributed by atoms with Crippen LogP contribution >= 0.6 is 0 Å². The summed E-state index contributed by atoms with van der Waals surface area (Å²) in [4.78, 5) is 19.2. The van der Waals surface area contributed by atoms with Crippen LogP contribution in [0.4, 0.5) is 0 Å². The summed E-state index contributed by atoms with van der Waals surface area (Å²) in [5, 5.41) is 0. The van der Waals surface area contributed by atoms with Crippen LogP contribution in [0.5, 0.6) is 11.5 Å². The molecule has 1 aliphatic heterocycles. The van der Waals surface area contributed by atoms with E-state index in [9.17, 15) is 4.79 Å². The minimum atomic E-state index is 0.0194. The smallest absolute Gasteiger partial charge is 0.260 e. The van der Waals surface area contributed by atoms with Crippen LogP contribution in [0.15, 0.2) is 36.7 Å². The number of amides is 1. The number of likely N-dealkylation sites (tertiary alicyclic amines) is 1. The lowest BCUT2D eigenvalue weighted by Crippen LogP contribution is -2.42. The Morgan fingerprint density at radius 3 is 2.81 bits per heavy atom. The van der Waals surface area contributed by atoms with Crippen molar-refractivity contribution in [2.45, 2.75) is 38.1 Å². The first-order valence-corrected chi connectivity index (χ1v) is 9.79. The topological polar surface area (TPSA) is 56.6 Å². The maximum atomic E-state index is 12.7. The van der Waals surface area contributed by atoms with Gasteiger partial charge in [0.2, 0.25) is 0 Å². The lowest BCUT2D eigenvalue weighted by molar-refractivity contribution is -0.134. The summed E-state index contributed by atoms with van der Waals surface area (Å²) in [5.74, 6) is 3.51. The molecule has 1 aromatic heterocycles. The first-order valence-electron chi connectivity index (χ1n) is 9.79.